The third-order valence-electron chi connectivity index (χ3n) is 2.99. The number of hydrogen-bond acceptors (Lipinski definition) is 3. The van der Waals surface area contributed by atoms with Crippen molar-refractivity contribution in [1.82, 2.24) is 5.32 Å². The molecule has 5 heteroatoms. The second-order valence-corrected chi connectivity index (χ2v) is 4.94. The van der Waals surface area contributed by atoms with Crippen LogP contribution >= 0.6 is 0 Å². The second kappa shape index (κ2) is 9.01. The Labute approximate surface area is 141 Å². The predicted octanol–water partition coefficient (Wildman–Crippen LogP) is 2.92. The lowest BCUT2D eigenvalue weighted by atomic mass is 10.2. The molecule has 0 saturated heterocycles. The van der Waals surface area contributed by atoms with Crippen molar-refractivity contribution in [2.45, 2.75) is 13.5 Å². The molecule has 122 valence electrons. The fourth-order valence-corrected chi connectivity index (χ4v) is 1.92. The van der Waals surface area contributed by atoms with E-state index in [0.717, 1.165) is 5.56 Å². The van der Waals surface area contributed by atoms with Crippen LogP contribution in [-0.4, -0.2) is 18.5 Å². The Kier molecular flexibility index (Phi) is 6.42. The summed E-state index contributed by atoms with van der Waals surface area (Å²) in [4.78, 5) is 22.7. The highest BCUT2D eigenvalue weighted by Gasteiger charge is 2.01. The molecule has 0 aliphatic rings. The fraction of sp³-hybridized carbons (Fsp3) is 0.158. The first-order valence-corrected chi connectivity index (χ1v) is 7.45. The van der Waals surface area contributed by atoms with Gasteiger partial charge in [-0.3, -0.25) is 4.79 Å². The van der Waals surface area contributed by atoms with Crippen LogP contribution in [0.2, 0.25) is 0 Å². The summed E-state index contributed by atoms with van der Waals surface area (Å²) in [5, 5.41) is 5.27. The molecule has 0 aliphatic carbocycles. The van der Waals surface area contributed by atoms with Crippen LogP contribution in [0.1, 0.15) is 18.1 Å². The number of nitrogens with one attached hydrogen (secondary N) is 2. The van der Waals surface area contributed by atoms with Crippen LogP contribution in [0.4, 0.5) is 10.5 Å². The molecule has 0 aromatic heterocycles. The SMILES string of the molecule is CC(=O)Nc1ccccc1C#CCNC(=O)OCc1ccccc1. The summed E-state index contributed by atoms with van der Waals surface area (Å²) in [5.74, 6) is 5.58. The molecule has 2 N–H and O–H groups in total. The van der Waals surface area contributed by atoms with Crippen LogP contribution < -0.4 is 10.6 Å². The van der Waals surface area contributed by atoms with Gasteiger partial charge in [0.2, 0.25) is 5.91 Å². The summed E-state index contributed by atoms with van der Waals surface area (Å²) in [6, 6.07) is 16.6. The lowest BCUT2D eigenvalue weighted by Crippen LogP contribution is -2.24. The van der Waals surface area contributed by atoms with Gasteiger partial charge < -0.3 is 15.4 Å². The van der Waals surface area contributed by atoms with E-state index >= 15 is 0 Å². The van der Waals surface area contributed by atoms with Gasteiger partial charge in [-0.2, -0.15) is 0 Å². The average molecular weight is 322 g/mol. The topological polar surface area (TPSA) is 67.4 Å². The summed E-state index contributed by atoms with van der Waals surface area (Å²) in [6.45, 7) is 1.81. The number of rotatable bonds is 4. The van der Waals surface area contributed by atoms with Crippen LogP contribution in [0.15, 0.2) is 54.6 Å². The molecule has 0 fully saturated rings. The number of carbonyl (C=O) groups is 2. The number of para-hydroxylation sites is 1. The first kappa shape index (κ1) is 17.1. The molecule has 0 aliphatic heterocycles. The van der Waals surface area contributed by atoms with Crippen LogP contribution in [0, 0.1) is 11.8 Å². The van der Waals surface area contributed by atoms with E-state index in [-0.39, 0.29) is 19.1 Å². The van der Waals surface area contributed by atoms with E-state index in [0.29, 0.717) is 11.3 Å². The zero-order valence-corrected chi connectivity index (χ0v) is 13.3. The van der Waals surface area contributed by atoms with E-state index in [1.54, 1.807) is 12.1 Å². The summed E-state index contributed by atoms with van der Waals surface area (Å²) in [5.41, 5.74) is 2.25. The number of anilines is 1. The molecular weight excluding hydrogens is 304 g/mol. The number of carbonyl (C=O) groups excluding carboxylic acids is 2. The molecule has 0 atom stereocenters. The molecule has 0 saturated carbocycles. The Morgan fingerprint density at radius 2 is 1.75 bits per heavy atom. The molecule has 2 amide bonds. The van der Waals surface area contributed by atoms with Crippen LogP contribution in [0.5, 0.6) is 0 Å². The van der Waals surface area contributed by atoms with Gasteiger partial charge in [0, 0.05) is 12.5 Å². The van der Waals surface area contributed by atoms with Gasteiger partial charge in [-0.05, 0) is 17.7 Å². The highest BCUT2D eigenvalue weighted by molar-refractivity contribution is 5.90. The first-order valence-electron chi connectivity index (χ1n) is 7.45. The summed E-state index contributed by atoms with van der Waals surface area (Å²) >= 11 is 0. The average Bonchev–Trinajstić information content (AvgIpc) is 2.58. The molecule has 0 heterocycles. The maximum atomic E-state index is 11.6. The molecule has 2 aromatic rings. The third kappa shape index (κ3) is 5.85. The van der Waals surface area contributed by atoms with Gasteiger partial charge in [0.05, 0.1) is 12.2 Å². The van der Waals surface area contributed by atoms with Crippen molar-refractivity contribution in [1.29, 1.82) is 0 Å². The monoisotopic (exact) mass is 322 g/mol. The minimum atomic E-state index is -0.525. The van der Waals surface area contributed by atoms with Gasteiger partial charge in [-0.25, -0.2) is 4.79 Å². The Bertz CT molecular complexity index is 761. The molecule has 0 radical (unpaired) electrons. The van der Waals surface area contributed by atoms with E-state index in [4.69, 9.17) is 4.74 Å². The highest BCUT2D eigenvalue weighted by atomic mass is 16.5. The minimum absolute atomic E-state index is 0.155. The van der Waals surface area contributed by atoms with Gasteiger partial charge in [-0.15, -0.1) is 0 Å². The van der Waals surface area contributed by atoms with Crippen LogP contribution in [-0.2, 0) is 16.1 Å². The quantitative estimate of drug-likeness (QED) is 0.851. The molecule has 5 nitrogen and oxygen atoms in total. The van der Waals surface area contributed by atoms with Gasteiger partial charge in [0.25, 0.3) is 0 Å². The Morgan fingerprint density at radius 3 is 2.50 bits per heavy atom. The normalized spacial score (nSPS) is 9.38. The number of ether oxygens (including phenoxy) is 1. The van der Waals surface area contributed by atoms with Gasteiger partial charge in [-0.1, -0.05) is 54.3 Å². The highest BCUT2D eigenvalue weighted by Crippen LogP contribution is 2.13. The number of amides is 2. The van der Waals surface area contributed by atoms with Crippen molar-refractivity contribution in [2.75, 3.05) is 11.9 Å². The molecule has 24 heavy (non-hydrogen) atoms. The molecule has 0 bridgehead atoms. The maximum Gasteiger partial charge on any atom is 0.408 e. The number of alkyl carbamates (subject to hydrolysis) is 1. The van der Waals surface area contributed by atoms with Crippen molar-refractivity contribution in [2.24, 2.45) is 0 Å². The number of hydrogen-bond donors (Lipinski definition) is 2. The number of benzene rings is 2. The van der Waals surface area contributed by atoms with Crippen molar-refractivity contribution >= 4 is 17.7 Å². The van der Waals surface area contributed by atoms with Crippen molar-refractivity contribution in [3.8, 4) is 11.8 Å². The standard InChI is InChI=1S/C19H18N2O3/c1-15(22)21-18-12-6-5-10-17(18)11-7-13-20-19(23)24-14-16-8-3-2-4-9-16/h2-6,8-10,12H,13-14H2,1H3,(H,20,23)(H,21,22). The molecule has 0 spiro atoms. The predicted molar refractivity (Wildman–Crippen MR) is 92.3 cm³/mol. The Hall–Kier alpha value is -3.26. The van der Waals surface area contributed by atoms with E-state index in [1.165, 1.54) is 6.92 Å². The molecule has 0 unspecified atom stereocenters. The van der Waals surface area contributed by atoms with E-state index < -0.39 is 6.09 Å². The van der Waals surface area contributed by atoms with E-state index in [1.807, 2.05) is 42.5 Å². The van der Waals surface area contributed by atoms with E-state index in [2.05, 4.69) is 22.5 Å². The maximum absolute atomic E-state index is 11.6. The second-order valence-electron chi connectivity index (χ2n) is 4.94. The van der Waals surface area contributed by atoms with Crippen molar-refractivity contribution in [3.05, 3.63) is 65.7 Å². The Balaban J connectivity index is 1.81. The lowest BCUT2D eigenvalue weighted by Gasteiger charge is -2.05. The molecule has 2 aromatic carbocycles. The van der Waals surface area contributed by atoms with Gasteiger partial charge >= 0.3 is 6.09 Å². The summed E-state index contributed by atoms with van der Waals surface area (Å²) in [6.07, 6.45) is -0.525. The van der Waals surface area contributed by atoms with E-state index in [9.17, 15) is 9.59 Å². The van der Waals surface area contributed by atoms with Crippen LogP contribution in [0.25, 0.3) is 0 Å². The fourth-order valence-electron chi connectivity index (χ4n) is 1.92. The zero-order valence-electron chi connectivity index (χ0n) is 13.3. The third-order valence-corrected chi connectivity index (χ3v) is 2.99. The van der Waals surface area contributed by atoms with Gasteiger partial charge in [0.15, 0.2) is 0 Å². The van der Waals surface area contributed by atoms with Crippen LogP contribution in [0.3, 0.4) is 0 Å². The zero-order chi connectivity index (χ0) is 17.2. The summed E-state index contributed by atoms with van der Waals surface area (Å²) < 4.78 is 5.08. The molecular formula is C19H18N2O3. The smallest absolute Gasteiger partial charge is 0.408 e. The minimum Gasteiger partial charge on any atom is -0.445 e. The van der Waals surface area contributed by atoms with Crippen molar-refractivity contribution in [3.63, 3.8) is 0 Å². The Morgan fingerprint density at radius 1 is 1.04 bits per heavy atom. The lowest BCUT2D eigenvalue weighted by molar-refractivity contribution is -0.114. The van der Waals surface area contributed by atoms with Gasteiger partial charge in [0.1, 0.15) is 6.61 Å². The first-order chi connectivity index (χ1) is 11.6. The summed E-state index contributed by atoms with van der Waals surface area (Å²) in [7, 11) is 0. The largest absolute Gasteiger partial charge is 0.445 e. The molecule has 2 rings (SSSR count). The van der Waals surface area contributed by atoms with Crippen molar-refractivity contribution < 1.29 is 14.3 Å².